The number of nitrogens with zero attached hydrogens (tertiary/aromatic N) is 2. The molecule has 0 spiro atoms. The van der Waals surface area contributed by atoms with Gasteiger partial charge in [-0.2, -0.15) is 13.2 Å². The zero-order chi connectivity index (χ0) is 14.7. The summed E-state index contributed by atoms with van der Waals surface area (Å²) in [6, 6.07) is 0. The lowest BCUT2D eigenvalue weighted by atomic mass is 9.90. The third-order valence-electron chi connectivity index (χ3n) is 2.47. The highest BCUT2D eigenvalue weighted by Gasteiger charge is 2.28. The normalized spacial score (nSPS) is 12.7. The Hall–Kier alpha value is -1.22. The Bertz CT molecular complexity index is 444. The van der Waals surface area contributed by atoms with E-state index in [1.54, 1.807) is 0 Å². The quantitative estimate of drug-likeness (QED) is 0.779. The first kappa shape index (κ1) is 15.8. The highest BCUT2D eigenvalue weighted by Crippen LogP contribution is 2.29. The fourth-order valence-electron chi connectivity index (χ4n) is 1.33. The number of hydrogen-bond donors (Lipinski definition) is 2. The summed E-state index contributed by atoms with van der Waals surface area (Å²) in [5.74, 6) is -0.658. The highest BCUT2D eigenvalue weighted by molar-refractivity contribution is 7.13. The van der Waals surface area contributed by atoms with Gasteiger partial charge in [-0.05, 0) is 13.0 Å². The highest BCUT2D eigenvalue weighted by atomic mass is 32.1. The van der Waals surface area contributed by atoms with E-state index in [0.717, 1.165) is 11.3 Å². The molecule has 19 heavy (non-hydrogen) atoms. The first-order valence-electron chi connectivity index (χ1n) is 5.53. The molecule has 9 heteroatoms. The van der Waals surface area contributed by atoms with Crippen molar-refractivity contribution in [1.82, 2.24) is 15.5 Å². The van der Waals surface area contributed by atoms with Gasteiger partial charge in [-0.15, -0.1) is 10.2 Å². The Morgan fingerprint density at radius 2 is 2.00 bits per heavy atom. The van der Waals surface area contributed by atoms with E-state index in [0.29, 0.717) is 11.4 Å². The Morgan fingerprint density at radius 1 is 1.37 bits per heavy atom. The molecule has 1 aromatic heterocycles. The SMILES string of the molecule is CC(C)(CCNCC(F)(F)F)c1nnc(C(N)=O)s1. The maximum absolute atomic E-state index is 12.0. The zero-order valence-corrected chi connectivity index (χ0v) is 11.4. The van der Waals surface area contributed by atoms with Crippen LogP contribution in [-0.4, -0.2) is 35.4 Å². The molecule has 0 saturated heterocycles. The minimum atomic E-state index is -4.22. The van der Waals surface area contributed by atoms with Gasteiger partial charge in [0.2, 0.25) is 5.01 Å². The van der Waals surface area contributed by atoms with Crippen molar-refractivity contribution in [1.29, 1.82) is 0 Å². The van der Waals surface area contributed by atoms with Gasteiger partial charge in [0.05, 0.1) is 6.54 Å². The van der Waals surface area contributed by atoms with Crippen molar-refractivity contribution >= 4 is 17.2 Å². The molecule has 0 radical (unpaired) electrons. The van der Waals surface area contributed by atoms with E-state index < -0.39 is 24.0 Å². The van der Waals surface area contributed by atoms with E-state index in [-0.39, 0.29) is 11.6 Å². The molecule has 0 aliphatic carbocycles. The number of alkyl halides is 3. The van der Waals surface area contributed by atoms with Crippen LogP contribution < -0.4 is 11.1 Å². The topological polar surface area (TPSA) is 80.9 Å². The number of carbonyl (C=O) groups excluding carboxylic acids is 1. The molecule has 3 N–H and O–H groups in total. The molecule has 1 heterocycles. The molecule has 1 rings (SSSR count). The maximum atomic E-state index is 12.0. The summed E-state index contributed by atoms with van der Waals surface area (Å²) in [6.45, 7) is 2.82. The number of nitrogens with one attached hydrogen (secondary N) is 1. The lowest BCUT2D eigenvalue weighted by Crippen LogP contribution is -2.32. The van der Waals surface area contributed by atoms with Crippen molar-refractivity contribution in [2.45, 2.75) is 31.9 Å². The number of nitrogens with two attached hydrogens (primary N) is 1. The van der Waals surface area contributed by atoms with Crippen LogP contribution in [0.3, 0.4) is 0 Å². The number of primary amides is 1. The largest absolute Gasteiger partial charge is 0.401 e. The van der Waals surface area contributed by atoms with Crippen LogP contribution >= 0.6 is 11.3 Å². The van der Waals surface area contributed by atoms with Crippen molar-refractivity contribution in [3.8, 4) is 0 Å². The molecule has 0 bridgehead atoms. The Labute approximate surface area is 112 Å². The minimum Gasteiger partial charge on any atom is -0.363 e. The number of amides is 1. The zero-order valence-electron chi connectivity index (χ0n) is 10.5. The molecule has 0 atom stereocenters. The third kappa shape index (κ3) is 5.11. The fourth-order valence-corrected chi connectivity index (χ4v) is 2.16. The molecule has 108 valence electrons. The van der Waals surface area contributed by atoms with Crippen molar-refractivity contribution < 1.29 is 18.0 Å². The summed E-state index contributed by atoms with van der Waals surface area (Å²) in [6.07, 6.45) is -3.78. The molecule has 0 aliphatic rings. The summed E-state index contributed by atoms with van der Waals surface area (Å²) in [5, 5.41) is 10.5. The standard InChI is InChI=1S/C10H15F3N4OS/c1-9(2,3-4-15-5-10(11,12)13)8-17-16-7(19-8)6(14)18/h15H,3-5H2,1-2H3,(H2,14,18). The van der Waals surface area contributed by atoms with Crippen molar-refractivity contribution in [3.05, 3.63) is 10.0 Å². The van der Waals surface area contributed by atoms with Crippen LogP contribution in [0, 0.1) is 0 Å². The monoisotopic (exact) mass is 296 g/mol. The second kappa shape index (κ2) is 5.83. The minimum absolute atomic E-state index is 0.103. The molecule has 0 unspecified atom stereocenters. The van der Waals surface area contributed by atoms with Gasteiger partial charge in [0.25, 0.3) is 5.91 Å². The molecule has 1 aromatic rings. The van der Waals surface area contributed by atoms with E-state index in [1.165, 1.54) is 0 Å². The number of rotatable bonds is 6. The molecule has 1 amide bonds. The molecular formula is C10H15F3N4OS. The molecule has 0 aliphatic heterocycles. The Morgan fingerprint density at radius 3 is 2.47 bits per heavy atom. The van der Waals surface area contributed by atoms with Crippen molar-refractivity contribution in [2.75, 3.05) is 13.1 Å². The molecule has 5 nitrogen and oxygen atoms in total. The van der Waals surface area contributed by atoms with Gasteiger partial charge >= 0.3 is 6.18 Å². The summed E-state index contributed by atoms with van der Waals surface area (Å²) >= 11 is 1.06. The fraction of sp³-hybridized carbons (Fsp3) is 0.700. The van der Waals surface area contributed by atoms with Crippen LogP contribution in [0.5, 0.6) is 0 Å². The first-order valence-corrected chi connectivity index (χ1v) is 6.35. The van der Waals surface area contributed by atoms with E-state index in [4.69, 9.17) is 5.73 Å². The summed E-state index contributed by atoms with van der Waals surface area (Å²) in [4.78, 5) is 10.9. The number of halogens is 3. The number of hydrogen-bond acceptors (Lipinski definition) is 5. The van der Waals surface area contributed by atoms with Gasteiger partial charge < -0.3 is 11.1 Å². The molecular weight excluding hydrogens is 281 g/mol. The lowest BCUT2D eigenvalue weighted by Gasteiger charge is -2.21. The van der Waals surface area contributed by atoms with E-state index >= 15 is 0 Å². The van der Waals surface area contributed by atoms with Crippen molar-refractivity contribution in [2.24, 2.45) is 5.73 Å². The second-order valence-electron chi connectivity index (χ2n) is 4.70. The van der Waals surface area contributed by atoms with Gasteiger partial charge in [0.15, 0.2) is 0 Å². The van der Waals surface area contributed by atoms with Crippen LogP contribution in [0.2, 0.25) is 0 Å². The average molecular weight is 296 g/mol. The second-order valence-corrected chi connectivity index (χ2v) is 5.68. The average Bonchev–Trinajstić information content (AvgIpc) is 2.73. The Balaban J connectivity index is 2.53. The predicted octanol–water partition coefficient (Wildman–Crippen LogP) is 1.46. The van der Waals surface area contributed by atoms with Gasteiger partial charge in [0.1, 0.15) is 5.01 Å². The van der Waals surface area contributed by atoms with Crippen LogP contribution in [0.1, 0.15) is 35.1 Å². The van der Waals surface area contributed by atoms with Gasteiger partial charge in [0, 0.05) is 5.41 Å². The third-order valence-corrected chi connectivity index (χ3v) is 3.77. The van der Waals surface area contributed by atoms with Crippen molar-refractivity contribution in [3.63, 3.8) is 0 Å². The van der Waals surface area contributed by atoms with Crippen LogP contribution in [0.15, 0.2) is 0 Å². The Kier molecular flexibility index (Phi) is 4.86. The maximum Gasteiger partial charge on any atom is 0.401 e. The summed E-state index contributed by atoms with van der Waals surface area (Å²) in [5.41, 5.74) is 4.60. The van der Waals surface area contributed by atoms with Crippen LogP contribution in [0.25, 0.3) is 0 Å². The predicted molar refractivity (Wildman–Crippen MR) is 65.0 cm³/mol. The number of carbonyl (C=O) groups is 1. The van der Waals surface area contributed by atoms with Gasteiger partial charge in [-0.25, -0.2) is 0 Å². The van der Waals surface area contributed by atoms with E-state index in [1.807, 2.05) is 13.8 Å². The lowest BCUT2D eigenvalue weighted by molar-refractivity contribution is -0.124. The summed E-state index contributed by atoms with van der Waals surface area (Å²) < 4.78 is 35.9. The summed E-state index contributed by atoms with van der Waals surface area (Å²) in [7, 11) is 0. The van der Waals surface area contributed by atoms with E-state index in [2.05, 4.69) is 15.5 Å². The van der Waals surface area contributed by atoms with Crippen LogP contribution in [-0.2, 0) is 5.41 Å². The smallest absolute Gasteiger partial charge is 0.363 e. The first-order chi connectivity index (χ1) is 8.62. The molecule has 0 aromatic carbocycles. The number of aromatic nitrogens is 2. The van der Waals surface area contributed by atoms with E-state index in [9.17, 15) is 18.0 Å². The van der Waals surface area contributed by atoms with Crippen LogP contribution in [0.4, 0.5) is 13.2 Å². The van der Waals surface area contributed by atoms with Gasteiger partial charge in [-0.1, -0.05) is 25.2 Å². The molecule has 0 fully saturated rings. The molecule has 0 saturated carbocycles. The van der Waals surface area contributed by atoms with Gasteiger partial charge in [-0.3, -0.25) is 4.79 Å².